The van der Waals surface area contributed by atoms with E-state index in [-0.39, 0.29) is 0 Å². The molecule has 1 heteroatoms. The minimum atomic E-state index is -0.472. The predicted octanol–water partition coefficient (Wildman–Crippen LogP) is 3.28. The molecule has 0 fully saturated rings. The fraction of sp³-hybridized carbons (Fsp3) is 0.818. The van der Waals surface area contributed by atoms with Crippen molar-refractivity contribution in [2.75, 3.05) is 0 Å². The van der Waals surface area contributed by atoms with E-state index in [1.54, 1.807) is 0 Å². The van der Waals surface area contributed by atoms with Gasteiger partial charge in [-0.25, -0.2) is 0 Å². The summed E-state index contributed by atoms with van der Waals surface area (Å²) in [5.41, 5.74) is -0.472. The first kappa shape index (κ1) is 11.7. The molecule has 0 aliphatic carbocycles. The van der Waals surface area contributed by atoms with Crippen LogP contribution in [0.2, 0.25) is 0 Å². The quantitative estimate of drug-likeness (QED) is 0.479. The second-order valence-electron chi connectivity index (χ2n) is 3.98. The van der Waals surface area contributed by atoms with Crippen molar-refractivity contribution in [2.45, 2.75) is 58.5 Å². The van der Waals surface area contributed by atoms with Crippen molar-refractivity contribution in [3.63, 3.8) is 0 Å². The van der Waals surface area contributed by atoms with Crippen LogP contribution in [-0.2, 0) is 0 Å². The van der Waals surface area contributed by atoms with E-state index >= 15 is 0 Å². The van der Waals surface area contributed by atoms with Crippen LogP contribution in [0.5, 0.6) is 0 Å². The molecule has 0 amide bonds. The van der Waals surface area contributed by atoms with Gasteiger partial charge >= 0.3 is 0 Å². The maximum absolute atomic E-state index is 9.41. The van der Waals surface area contributed by atoms with E-state index in [0.717, 1.165) is 12.8 Å². The Morgan fingerprint density at radius 1 is 1.17 bits per heavy atom. The van der Waals surface area contributed by atoms with Crippen LogP contribution in [0.4, 0.5) is 0 Å². The van der Waals surface area contributed by atoms with Crippen LogP contribution in [0.1, 0.15) is 52.9 Å². The topological polar surface area (TPSA) is 20.2 Å². The summed E-state index contributed by atoms with van der Waals surface area (Å²) in [4.78, 5) is 0. The van der Waals surface area contributed by atoms with Crippen molar-refractivity contribution in [3.8, 4) is 0 Å². The van der Waals surface area contributed by atoms with Crippen LogP contribution in [0.15, 0.2) is 12.2 Å². The maximum atomic E-state index is 9.41. The molecule has 0 aromatic carbocycles. The van der Waals surface area contributed by atoms with E-state index in [0.29, 0.717) is 0 Å². The number of hydrogen-bond acceptors (Lipinski definition) is 1. The second kappa shape index (κ2) is 6.24. The lowest BCUT2D eigenvalue weighted by Crippen LogP contribution is -2.17. The molecular weight excluding hydrogens is 148 g/mol. The third-order valence-electron chi connectivity index (χ3n) is 1.90. The highest BCUT2D eigenvalue weighted by molar-refractivity contribution is 4.76. The molecule has 12 heavy (non-hydrogen) atoms. The molecule has 0 atom stereocenters. The molecule has 72 valence electrons. The molecule has 1 nitrogen and oxygen atoms in total. The monoisotopic (exact) mass is 170 g/mol. The number of hydrogen-bond donors (Lipinski definition) is 1. The van der Waals surface area contributed by atoms with Crippen molar-refractivity contribution < 1.29 is 5.11 Å². The highest BCUT2D eigenvalue weighted by atomic mass is 16.3. The van der Waals surface area contributed by atoms with Crippen molar-refractivity contribution in [2.24, 2.45) is 0 Å². The van der Waals surface area contributed by atoms with E-state index in [1.807, 2.05) is 13.8 Å². The van der Waals surface area contributed by atoms with Gasteiger partial charge in [0, 0.05) is 0 Å². The van der Waals surface area contributed by atoms with Crippen molar-refractivity contribution in [1.29, 1.82) is 0 Å². The molecule has 0 saturated heterocycles. The van der Waals surface area contributed by atoms with Gasteiger partial charge in [0.2, 0.25) is 0 Å². The standard InChI is InChI=1S/C11H22O/c1-4-5-6-7-8-9-10-11(2,3)12/h4-5,12H,6-10H2,1-3H3/b5-4+. The summed E-state index contributed by atoms with van der Waals surface area (Å²) < 4.78 is 0. The molecule has 0 unspecified atom stereocenters. The summed E-state index contributed by atoms with van der Waals surface area (Å²) in [5, 5.41) is 9.41. The molecule has 0 aliphatic rings. The number of allylic oxidation sites excluding steroid dienone is 2. The largest absolute Gasteiger partial charge is 0.390 e. The predicted molar refractivity (Wildman–Crippen MR) is 54.2 cm³/mol. The average Bonchev–Trinajstić information content (AvgIpc) is 1.94. The highest BCUT2D eigenvalue weighted by Gasteiger charge is 2.10. The van der Waals surface area contributed by atoms with E-state index in [1.165, 1.54) is 19.3 Å². The number of unbranched alkanes of at least 4 members (excludes halogenated alkanes) is 3. The minimum Gasteiger partial charge on any atom is -0.390 e. The van der Waals surface area contributed by atoms with Gasteiger partial charge in [0.15, 0.2) is 0 Å². The van der Waals surface area contributed by atoms with Gasteiger partial charge < -0.3 is 5.11 Å². The summed E-state index contributed by atoms with van der Waals surface area (Å²) in [6.45, 7) is 5.80. The van der Waals surface area contributed by atoms with E-state index in [4.69, 9.17) is 0 Å². The number of rotatable bonds is 6. The van der Waals surface area contributed by atoms with Crippen LogP contribution in [-0.4, -0.2) is 10.7 Å². The third kappa shape index (κ3) is 9.70. The fourth-order valence-electron chi connectivity index (χ4n) is 1.16. The molecule has 0 aliphatic heterocycles. The smallest absolute Gasteiger partial charge is 0.0591 e. The van der Waals surface area contributed by atoms with Crippen LogP contribution in [0, 0.1) is 0 Å². The Labute approximate surface area is 76.5 Å². The van der Waals surface area contributed by atoms with Crippen molar-refractivity contribution in [1.82, 2.24) is 0 Å². The van der Waals surface area contributed by atoms with Gasteiger partial charge in [0.25, 0.3) is 0 Å². The second-order valence-corrected chi connectivity index (χ2v) is 3.98. The zero-order valence-corrected chi connectivity index (χ0v) is 8.64. The molecule has 0 aromatic rings. The Balaban J connectivity index is 3.11. The van der Waals surface area contributed by atoms with E-state index < -0.39 is 5.60 Å². The first-order valence-corrected chi connectivity index (χ1v) is 4.90. The van der Waals surface area contributed by atoms with Crippen molar-refractivity contribution in [3.05, 3.63) is 12.2 Å². The normalized spacial score (nSPS) is 12.7. The summed E-state index contributed by atoms with van der Waals surface area (Å²) in [6.07, 6.45) is 10.0. The summed E-state index contributed by atoms with van der Waals surface area (Å²) in [7, 11) is 0. The van der Waals surface area contributed by atoms with Crippen LogP contribution in [0.25, 0.3) is 0 Å². The summed E-state index contributed by atoms with van der Waals surface area (Å²) >= 11 is 0. The molecule has 0 rings (SSSR count). The fourth-order valence-corrected chi connectivity index (χ4v) is 1.16. The van der Waals surface area contributed by atoms with E-state index in [9.17, 15) is 5.11 Å². The molecule has 0 radical (unpaired) electrons. The van der Waals surface area contributed by atoms with Gasteiger partial charge in [-0.3, -0.25) is 0 Å². The van der Waals surface area contributed by atoms with Gasteiger partial charge in [-0.05, 0) is 40.0 Å². The summed E-state index contributed by atoms with van der Waals surface area (Å²) in [5.74, 6) is 0. The molecule has 0 spiro atoms. The number of aliphatic hydroxyl groups is 1. The van der Waals surface area contributed by atoms with Gasteiger partial charge in [-0.2, -0.15) is 0 Å². The van der Waals surface area contributed by atoms with Crippen LogP contribution >= 0.6 is 0 Å². The zero-order chi connectivity index (χ0) is 9.45. The summed E-state index contributed by atoms with van der Waals surface area (Å²) in [6, 6.07) is 0. The highest BCUT2D eigenvalue weighted by Crippen LogP contribution is 2.13. The van der Waals surface area contributed by atoms with Crippen molar-refractivity contribution >= 4 is 0 Å². The maximum Gasteiger partial charge on any atom is 0.0591 e. The third-order valence-corrected chi connectivity index (χ3v) is 1.90. The lowest BCUT2D eigenvalue weighted by Gasteiger charge is -2.15. The molecule has 0 saturated carbocycles. The van der Waals surface area contributed by atoms with Crippen LogP contribution in [0.3, 0.4) is 0 Å². The lowest BCUT2D eigenvalue weighted by molar-refractivity contribution is 0.0681. The van der Waals surface area contributed by atoms with Crippen LogP contribution < -0.4 is 0 Å². The Morgan fingerprint density at radius 2 is 1.83 bits per heavy atom. The Hall–Kier alpha value is -0.300. The molecule has 0 aromatic heterocycles. The van der Waals surface area contributed by atoms with Gasteiger partial charge in [0.1, 0.15) is 0 Å². The molecular formula is C11H22O. The molecule has 1 N–H and O–H groups in total. The first-order chi connectivity index (χ1) is 5.56. The first-order valence-electron chi connectivity index (χ1n) is 4.90. The van der Waals surface area contributed by atoms with E-state index in [2.05, 4.69) is 19.1 Å². The van der Waals surface area contributed by atoms with Gasteiger partial charge in [-0.15, -0.1) is 0 Å². The minimum absolute atomic E-state index is 0.472. The zero-order valence-electron chi connectivity index (χ0n) is 8.64. The lowest BCUT2D eigenvalue weighted by atomic mass is 10.0. The molecule has 0 bridgehead atoms. The molecule has 0 heterocycles. The van der Waals surface area contributed by atoms with Gasteiger partial charge in [-0.1, -0.05) is 25.0 Å². The Morgan fingerprint density at radius 3 is 2.33 bits per heavy atom. The SMILES string of the molecule is C/C=C/CCCCCC(C)(C)O. The Bertz CT molecular complexity index is 119. The average molecular weight is 170 g/mol. The Kier molecular flexibility index (Phi) is 6.09. The van der Waals surface area contributed by atoms with Gasteiger partial charge in [0.05, 0.1) is 5.60 Å².